The fraction of sp³-hybridized carbons (Fsp3) is 0.714. The zero-order valence-electron chi connectivity index (χ0n) is 13.3. The van der Waals surface area contributed by atoms with Crippen LogP contribution in [0.15, 0.2) is 6.20 Å². The van der Waals surface area contributed by atoms with E-state index in [2.05, 4.69) is 10.4 Å². The van der Waals surface area contributed by atoms with Crippen LogP contribution in [0.3, 0.4) is 0 Å². The number of unbranched alkanes of at least 4 members (excludes halogenated alkanes) is 2. The number of nitrogen functional groups attached to an aromatic ring is 1. The molecule has 3 N–H and O–H groups in total. The van der Waals surface area contributed by atoms with Gasteiger partial charge in [0.25, 0.3) is 5.88 Å². The van der Waals surface area contributed by atoms with Crippen molar-refractivity contribution in [3.63, 3.8) is 0 Å². The van der Waals surface area contributed by atoms with Gasteiger partial charge in [0.15, 0.2) is 0 Å². The highest BCUT2D eigenvalue weighted by Crippen LogP contribution is 2.17. The third-order valence-electron chi connectivity index (χ3n) is 2.68. The van der Waals surface area contributed by atoms with E-state index in [1.165, 1.54) is 0 Å². The van der Waals surface area contributed by atoms with Crippen LogP contribution < -0.4 is 15.8 Å². The lowest BCUT2D eigenvalue weighted by molar-refractivity contribution is 0.0527. The van der Waals surface area contributed by atoms with Crippen molar-refractivity contribution in [1.29, 1.82) is 0 Å². The van der Waals surface area contributed by atoms with Crippen LogP contribution in [0.2, 0.25) is 0 Å². The van der Waals surface area contributed by atoms with Gasteiger partial charge in [0.1, 0.15) is 11.3 Å². The molecule has 0 aromatic carbocycles. The summed E-state index contributed by atoms with van der Waals surface area (Å²) in [6, 6.07) is 0. The average Bonchev–Trinajstić information content (AvgIpc) is 2.72. The number of hydrogen-bond donors (Lipinski definition) is 2. The number of ether oxygens (including phenoxy) is 2. The third kappa shape index (κ3) is 6.87. The number of aromatic nitrogens is 2. The molecular weight excluding hydrogens is 272 g/mol. The van der Waals surface area contributed by atoms with Crippen LogP contribution in [0.1, 0.15) is 40.0 Å². The number of hydrogen-bond acceptors (Lipinski definition) is 5. The predicted octanol–water partition coefficient (Wildman–Crippen LogP) is 2.17. The first-order chi connectivity index (χ1) is 9.81. The lowest BCUT2D eigenvalue weighted by atomic mass is 10.2. The Hall–Kier alpha value is -1.92. The second-order valence-corrected chi connectivity index (χ2v) is 5.85. The Morgan fingerprint density at radius 1 is 1.38 bits per heavy atom. The second kappa shape index (κ2) is 7.75. The Balaban J connectivity index is 2.10. The molecule has 0 saturated heterocycles. The highest BCUT2D eigenvalue weighted by molar-refractivity contribution is 5.67. The zero-order valence-corrected chi connectivity index (χ0v) is 13.3. The molecule has 0 spiro atoms. The van der Waals surface area contributed by atoms with E-state index in [0.29, 0.717) is 18.1 Å². The van der Waals surface area contributed by atoms with Gasteiger partial charge in [0.05, 0.1) is 13.3 Å². The summed E-state index contributed by atoms with van der Waals surface area (Å²) in [5.41, 5.74) is 5.81. The SMILES string of the molecule is COc1nn(CCCCCNC(=O)OC(C)(C)C)cc1N. The summed E-state index contributed by atoms with van der Waals surface area (Å²) in [4.78, 5) is 11.4. The molecule has 0 aliphatic heterocycles. The number of alkyl carbamates (subject to hydrolysis) is 1. The monoisotopic (exact) mass is 298 g/mol. The van der Waals surface area contributed by atoms with E-state index >= 15 is 0 Å². The van der Waals surface area contributed by atoms with Crippen molar-refractivity contribution in [3.8, 4) is 5.88 Å². The molecule has 0 atom stereocenters. The zero-order chi connectivity index (χ0) is 15.9. The number of aryl methyl sites for hydroxylation is 1. The average molecular weight is 298 g/mol. The number of methoxy groups -OCH3 is 1. The maximum Gasteiger partial charge on any atom is 0.407 e. The van der Waals surface area contributed by atoms with Crippen molar-refractivity contribution in [2.75, 3.05) is 19.4 Å². The molecular formula is C14H26N4O3. The van der Waals surface area contributed by atoms with Gasteiger partial charge in [-0.1, -0.05) is 0 Å². The van der Waals surface area contributed by atoms with E-state index in [4.69, 9.17) is 15.2 Å². The third-order valence-corrected chi connectivity index (χ3v) is 2.68. The van der Waals surface area contributed by atoms with Gasteiger partial charge in [-0.3, -0.25) is 4.68 Å². The molecule has 0 aliphatic rings. The topological polar surface area (TPSA) is 91.4 Å². The second-order valence-electron chi connectivity index (χ2n) is 5.85. The van der Waals surface area contributed by atoms with Crippen molar-refractivity contribution in [2.24, 2.45) is 0 Å². The van der Waals surface area contributed by atoms with E-state index in [1.807, 2.05) is 20.8 Å². The largest absolute Gasteiger partial charge is 0.478 e. The molecule has 0 bridgehead atoms. The van der Waals surface area contributed by atoms with Crippen molar-refractivity contribution in [3.05, 3.63) is 6.20 Å². The van der Waals surface area contributed by atoms with Crippen molar-refractivity contribution in [2.45, 2.75) is 52.2 Å². The molecule has 1 aromatic heterocycles. The fourth-order valence-corrected chi connectivity index (χ4v) is 1.77. The van der Waals surface area contributed by atoms with Crippen LogP contribution >= 0.6 is 0 Å². The van der Waals surface area contributed by atoms with E-state index < -0.39 is 5.60 Å². The van der Waals surface area contributed by atoms with Crippen LogP contribution in [0.25, 0.3) is 0 Å². The molecule has 0 unspecified atom stereocenters. The Labute approximate surface area is 125 Å². The summed E-state index contributed by atoms with van der Waals surface area (Å²) < 4.78 is 11.9. The molecule has 21 heavy (non-hydrogen) atoms. The van der Waals surface area contributed by atoms with Crippen molar-refractivity contribution < 1.29 is 14.3 Å². The van der Waals surface area contributed by atoms with Crippen LogP contribution in [0.5, 0.6) is 5.88 Å². The molecule has 120 valence electrons. The van der Waals surface area contributed by atoms with Gasteiger partial charge in [-0.05, 0) is 40.0 Å². The summed E-state index contributed by atoms with van der Waals surface area (Å²) in [6.45, 7) is 6.92. The molecule has 7 heteroatoms. The van der Waals surface area contributed by atoms with E-state index in [-0.39, 0.29) is 6.09 Å². The molecule has 0 aliphatic carbocycles. The minimum Gasteiger partial charge on any atom is -0.478 e. The van der Waals surface area contributed by atoms with E-state index in [9.17, 15) is 4.79 Å². The van der Waals surface area contributed by atoms with Gasteiger partial charge in [0, 0.05) is 13.1 Å². The smallest absolute Gasteiger partial charge is 0.407 e. The van der Waals surface area contributed by atoms with Crippen LogP contribution in [0.4, 0.5) is 10.5 Å². The van der Waals surface area contributed by atoms with Gasteiger partial charge in [-0.15, -0.1) is 5.10 Å². The lowest BCUT2D eigenvalue weighted by Crippen LogP contribution is -2.33. The first-order valence-electron chi connectivity index (χ1n) is 7.15. The number of anilines is 1. The predicted molar refractivity (Wildman–Crippen MR) is 81.3 cm³/mol. The molecule has 1 heterocycles. The molecule has 0 radical (unpaired) electrons. The highest BCUT2D eigenvalue weighted by Gasteiger charge is 2.15. The van der Waals surface area contributed by atoms with Gasteiger partial charge < -0.3 is 20.5 Å². The van der Waals surface area contributed by atoms with Crippen LogP contribution in [-0.2, 0) is 11.3 Å². The number of rotatable bonds is 7. The van der Waals surface area contributed by atoms with Crippen molar-refractivity contribution in [1.82, 2.24) is 15.1 Å². The minimum atomic E-state index is -0.455. The van der Waals surface area contributed by atoms with Gasteiger partial charge in [-0.25, -0.2) is 4.79 Å². The lowest BCUT2D eigenvalue weighted by Gasteiger charge is -2.19. The molecule has 1 amide bonds. The standard InChI is InChI=1S/C14H26N4O3/c1-14(2,3)21-13(19)16-8-6-5-7-9-18-10-11(15)12(17-18)20-4/h10H,5-9,15H2,1-4H3,(H,16,19). The minimum absolute atomic E-state index is 0.368. The number of carbonyl (C=O) groups is 1. The summed E-state index contributed by atoms with van der Waals surface area (Å²) in [5.74, 6) is 0.460. The Kier molecular flexibility index (Phi) is 6.33. The normalized spacial score (nSPS) is 11.2. The van der Waals surface area contributed by atoms with Gasteiger partial charge in [-0.2, -0.15) is 0 Å². The molecule has 1 aromatic rings. The first kappa shape index (κ1) is 17.1. The Morgan fingerprint density at radius 3 is 2.67 bits per heavy atom. The summed E-state index contributed by atoms with van der Waals surface area (Å²) in [6.07, 6.45) is 4.23. The quantitative estimate of drug-likeness (QED) is 0.753. The summed E-state index contributed by atoms with van der Waals surface area (Å²) in [7, 11) is 1.55. The number of nitrogens with one attached hydrogen (secondary N) is 1. The van der Waals surface area contributed by atoms with Gasteiger partial charge >= 0.3 is 6.09 Å². The molecule has 1 rings (SSSR count). The van der Waals surface area contributed by atoms with Crippen molar-refractivity contribution >= 4 is 11.8 Å². The maximum atomic E-state index is 11.4. The Bertz CT molecular complexity index is 452. The maximum absolute atomic E-state index is 11.4. The van der Waals surface area contributed by atoms with Crippen LogP contribution in [-0.4, -0.2) is 35.1 Å². The molecule has 7 nitrogen and oxygen atoms in total. The van der Waals surface area contributed by atoms with Gasteiger partial charge in [0.2, 0.25) is 0 Å². The first-order valence-corrected chi connectivity index (χ1v) is 7.15. The molecule has 0 fully saturated rings. The summed E-state index contributed by atoms with van der Waals surface area (Å²) >= 11 is 0. The number of carbonyl (C=O) groups excluding carboxylic acids is 1. The van der Waals surface area contributed by atoms with E-state index in [1.54, 1.807) is 18.0 Å². The molecule has 0 saturated carbocycles. The summed E-state index contributed by atoms with van der Waals surface area (Å²) in [5, 5.41) is 6.93. The highest BCUT2D eigenvalue weighted by atomic mass is 16.6. The van der Waals surface area contributed by atoms with Crippen LogP contribution in [0, 0.1) is 0 Å². The number of nitrogens with two attached hydrogens (primary N) is 1. The van der Waals surface area contributed by atoms with E-state index in [0.717, 1.165) is 25.8 Å². The number of nitrogens with zero attached hydrogens (tertiary/aromatic N) is 2. The Morgan fingerprint density at radius 2 is 2.10 bits per heavy atom. The fourth-order valence-electron chi connectivity index (χ4n) is 1.77. The number of amides is 1.